The van der Waals surface area contributed by atoms with E-state index in [0.717, 1.165) is 26.4 Å². The van der Waals surface area contributed by atoms with Gasteiger partial charge in [0.25, 0.3) is 0 Å². The molecule has 3 radical (unpaired) electrons. The van der Waals surface area contributed by atoms with Crippen molar-refractivity contribution in [2.24, 2.45) is 0 Å². The summed E-state index contributed by atoms with van der Waals surface area (Å²) in [4.78, 5) is 90.6. The lowest BCUT2D eigenvalue weighted by atomic mass is 10.1. The van der Waals surface area contributed by atoms with Gasteiger partial charge in [-0.1, -0.05) is 46.5 Å². The van der Waals surface area contributed by atoms with Crippen molar-refractivity contribution in [3.8, 4) is 40.6 Å². The molecule has 0 bridgehead atoms. The van der Waals surface area contributed by atoms with Crippen molar-refractivity contribution >= 4 is 78.3 Å². The average molecular weight is 1320 g/mol. The number of nitrogens with two attached hydrogens (primary N) is 1. The number of carboxylic acid groups (broad SMARTS) is 1. The highest BCUT2D eigenvalue weighted by atomic mass is 19.1. The number of aromatic carboxylic acids is 1. The van der Waals surface area contributed by atoms with E-state index in [-0.39, 0.29) is 109 Å². The number of ether oxygens (including phenoxy) is 11. The Bertz CT molecular complexity index is 3580. The first-order valence-electron chi connectivity index (χ1n) is 30.2. The summed E-state index contributed by atoms with van der Waals surface area (Å²) in [5.41, 5.74) is 3.42. The Labute approximate surface area is 547 Å². The summed E-state index contributed by atoms with van der Waals surface area (Å²) in [7, 11) is 12.5. The number of halogens is 5. The van der Waals surface area contributed by atoms with E-state index in [2.05, 4.69) is 48.8 Å². The van der Waals surface area contributed by atoms with Gasteiger partial charge in [0.2, 0.25) is 0 Å². The van der Waals surface area contributed by atoms with Gasteiger partial charge in [0.05, 0.1) is 105 Å². The Morgan fingerprint density at radius 1 is 0.571 bits per heavy atom. The lowest BCUT2D eigenvalue weighted by molar-refractivity contribution is -0.138. The summed E-state index contributed by atoms with van der Waals surface area (Å²) >= 11 is 0. The van der Waals surface area contributed by atoms with Crippen LogP contribution in [0, 0.1) is 40.9 Å². The molecule has 0 aliphatic carbocycles. The SMILES string of the molecule is C.C.C.COC(=O)/C=C(\Nc1cccc(OC)c1F)C(=O)OC.COC(=O)C#CC(=O)OC.COC(=O)c1cc(=O)c2ccc(OC)c(F)c2[nH]1.COc1cccc(C(=O)O)c1F.COc1cccc(N)c1F.COc1cccc(NC(=O)OC(C)(C)C)c1F.[2HH].[2HH].[2HH].[2H][2H].[2H][2H].[2H][2H].[2H][2H].[2H][2H].[2H][2H].[B]. The highest BCUT2D eigenvalue weighted by molar-refractivity contribution is 5.99. The number of H-pyrrole nitrogens is 1. The van der Waals surface area contributed by atoms with E-state index in [1.54, 1.807) is 32.9 Å². The Hall–Kier alpha value is -11.0. The number of benzene rings is 5. The number of nitrogen functional groups attached to an aromatic ring is 1. The number of pyridine rings is 1. The molecule has 1 aromatic heterocycles. The van der Waals surface area contributed by atoms with Gasteiger partial charge in [-0.3, -0.25) is 10.1 Å². The molecule has 513 valence electrons. The zero-order valence-electron chi connectivity index (χ0n) is 61.5. The molecular formula is C61H91BF5N4O20. The molecule has 0 saturated carbocycles. The van der Waals surface area contributed by atoms with Gasteiger partial charge < -0.3 is 73.2 Å². The van der Waals surface area contributed by atoms with E-state index in [4.69, 9.17) is 47.6 Å². The van der Waals surface area contributed by atoms with Gasteiger partial charge in [-0.15, -0.1) is 0 Å². The lowest BCUT2D eigenvalue weighted by Gasteiger charge is -2.20. The molecule has 6 aromatic rings. The second kappa shape index (κ2) is 43.6. The fourth-order valence-corrected chi connectivity index (χ4v) is 5.89. The fraction of sp³-hybridized carbons (Fsp3) is 0.279. The molecule has 0 aliphatic heterocycles. The van der Waals surface area contributed by atoms with Crippen LogP contribution in [0.25, 0.3) is 10.9 Å². The second-order valence-corrected chi connectivity index (χ2v) is 16.7. The molecule has 30 heteroatoms. The number of carboxylic acids is 1. The van der Waals surface area contributed by atoms with E-state index >= 15 is 0 Å². The topological polar surface area (TPSA) is 324 Å². The number of amides is 1. The fourth-order valence-electron chi connectivity index (χ4n) is 5.89. The van der Waals surface area contributed by atoms with Crippen LogP contribution in [-0.4, -0.2) is 137 Å². The van der Waals surface area contributed by atoms with Crippen molar-refractivity contribution in [2.75, 3.05) is 87.5 Å². The highest BCUT2D eigenvalue weighted by Gasteiger charge is 2.20. The minimum atomic E-state index is -1.30. The molecule has 0 spiro atoms. The minimum Gasteiger partial charge on any atom is -0.494 e. The summed E-state index contributed by atoms with van der Waals surface area (Å²) in [5.74, 6) is -4.59. The third-order valence-electron chi connectivity index (χ3n) is 9.94. The van der Waals surface area contributed by atoms with E-state index in [1.165, 1.54) is 130 Å². The molecule has 5 aromatic carbocycles. The van der Waals surface area contributed by atoms with Gasteiger partial charge >= 0.3 is 41.9 Å². The van der Waals surface area contributed by atoms with Gasteiger partial charge in [0.15, 0.2) is 63.3 Å². The first-order chi connectivity index (χ1) is 47.1. The van der Waals surface area contributed by atoms with Crippen molar-refractivity contribution in [1.29, 1.82) is 0 Å². The largest absolute Gasteiger partial charge is 0.494 e. The number of methoxy groups -OCH3 is 10. The molecular weight excluding hydrogens is 1210 g/mol. The summed E-state index contributed by atoms with van der Waals surface area (Å²) in [6.07, 6.45) is 0.162. The number of fused-ring (bicyclic) bond motifs is 1. The summed E-state index contributed by atoms with van der Waals surface area (Å²) in [6, 6.07) is 21.3. The van der Waals surface area contributed by atoms with E-state index < -0.39 is 82.0 Å². The summed E-state index contributed by atoms with van der Waals surface area (Å²) < 4.78 is 178. The predicted octanol–water partition coefficient (Wildman–Crippen LogP) is 12.1. The number of aromatic amines is 1. The van der Waals surface area contributed by atoms with Crippen LogP contribution in [0.15, 0.2) is 108 Å². The predicted molar refractivity (Wildman–Crippen MR) is 348 cm³/mol. The van der Waals surface area contributed by atoms with Crippen molar-refractivity contribution < 1.29 is 135 Å². The van der Waals surface area contributed by atoms with Crippen LogP contribution in [0.5, 0.6) is 28.7 Å². The number of hydrogen-bond acceptors (Lipinski definition) is 21. The number of hydrogen-bond donors (Lipinski definition) is 5. The summed E-state index contributed by atoms with van der Waals surface area (Å²) in [5, 5.41) is 13.4. The van der Waals surface area contributed by atoms with Gasteiger partial charge in [0.1, 0.15) is 17.0 Å². The molecule has 24 nitrogen and oxygen atoms in total. The number of esters is 5. The van der Waals surface area contributed by atoms with E-state index in [9.17, 15) is 60.3 Å². The average Bonchev–Trinajstić information content (AvgIpc) is 0.785. The van der Waals surface area contributed by atoms with Gasteiger partial charge in [0, 0.05) is 53.8 Å². The van der Waals surface area contributed by atoms with Crippen molar-refractivity contribution in [1.82, 2.24) is 4.98 Å². The number of carbonyl (C=O) groups is 7. The van der Waals surface area contributed by atoms with Gasteiger partial charge in [-0.25, -0.2) is 55.5 Å². The maximum absolute atomic E-state index is 13.9. The number of rotatable bonds is 12. The molecule has 6 rings (SSSR count). The summed E-state index contributed by atoms with van der Waals surface area (Å²) in [6.45, 7) is 5.19. The van der Waals surface area contributed by atoms with Crippen LogP contribution >= 0.6 is 0 Å². The number of anilines is 3. The van der Waals surface area contributed by atoms with Gasteiger partial charge in [-0.05, 0) is 81.4 Å². The zero-order chi connectivity index (χ0) is 78.1. The molecule has 91 heavy (non-hydrogen) atoms. The minimum absolute atomic E-state index is 0. The normalized spacial score (nSPS) is 10.0. The first kappa shape index (κ1) is 74.3. The van der Waals surface area contributed by atoms with Crippen molar-refractivity contribution in [2.45, 2.75) is 48.7 Å². The molecule has 0 atom stereocenters. The number of aromatic nitrogens is 1. The van der Waals surface area contributed by atoms with E-state index in [0.29, 0.717) is 0 Å². The highest BCUT2D eigenvalue weighted by Crippen LogP contribution is 2.27. The molecule has 0 saturated heterocycles. The Balaban J connectivity index is -0.0000000865. The van der Waals surface area contributed by atoms with E-state index in [1.807, 2.05) is 11.8 Å². The maximum atomic E-state index is 13.9. The van der Waals surface area contributed by atoms with Crippen LogP contribution in [0.4, 0.5) is 43.8 Å². The van der Waals surface area contributed by atoms with Gasteiger partial charge in [-0.2, -0.15) is 0 Å². The third-order valence-corrected chi connectivity index (χ3v) is 9.94. The number of nitrogens with one attached hydrogen (secondary N) is 3. The Kier molecular flexibility index (Phi) is 35.6. The van der Waals surface area contributed by atoms with Crippen molar-refractivity contribution in [3.05, 3.63) is 153 Å². The molecule has 0 unspecified atom stereocenters. The number of carbonyl (C=O) groups excluding carboxylic acids is 6. The molecule has 0 aliphatic rings. The third kappa shape index (κ3) is 28.6. The first-order valence-corrected chi connectivity index (χ1v) is 24.2. The van der Waals surface area contributed by atoms with Crippen LogP contribution in [0.2, 0.25) is 0 Å². The Morgan fingerprint density at radius 2 is 1.00 bits per heavy atom. The monoisotopic (exact) mass is 1320 g/mol. The van der Waals surface area contributed by atoms with Crippen LogP contribution in [0.1, 0.15) is 86.0 Å². The van der Waals surface area contributed by atoms with Crippen molar-refractivity contribution in [3.63, 3.8) is 0 Å². The molecule has 0 fully saturated rings. The zero-order valence-corrected chi connectivity index (χ0v) is 49.5. The quantitative estimate of drug-likeness (QED) is 0.0111. The van der Waals surface area contributed by atoms with Crippen LogP contribution < -0.4 is 45.5 Å². The molecule has 1 heterocycles. The lowest BCUT2D eigenvalue weighted by Crippen LogP contribution is -2.27. The maximum Gasteiger partial charge on any atom is 0.412 e. The second-order valence-electron chi connectivity index (χ2n) is 16.7. The van der Waals surface area contributed by atoms with Crippen LogP contribution in [-0.2, 0) is 47.6 Å². The molecule has 6 N–H and O–H groups in total. The standard InChI is InChI=1S/C13H14FNO5.C12H10FNO4.C12H16FNO3.C8H7FO3.C7H8FNO.C6H6O4.3CH4.B.9H2/c1-18-10-6-4-5-8(12(10)14)15-9(13(17)20-3)7-11(16)19-2;1-17-9-4-3-6-8(15)5-7(12(16)18-2)14-11(6)10(9)13;1-12(2,3)17-11(15)14-8-6-5-7-9(16-4)10(8)13;1-12-6-4-2-3-5(7(6)9)8(10)11;1-10-6-4-2-3-5(9)7(6)8;1-9-5(7)3-4-6(8)10-2;;;;;;;;;;;;;/h4-7,15H,1-3H3;3-5H,1-2H3,(H,14,15);5-7H,1-4H3,(H,14,15);2-4H,1H3,(H,10,11);2-4H,9H2,1H3;1-2H3;3*1H4;;9*1H/b9-7-;;;;;;;;;;;;;;;;;;/i;;;;;;;;;;6*1+1D;3*1+1. The Morgan fingerprint density at radius 3 is 1.41 bits per heavy atom. The smallest absolute Gasteiger partial charge is 0.412 e. The van der Waals surface area contributed by atoms with Crippen LogP contribution in [0.3, 0.4) is 0 Å². The molecule has 1 amide bonds.